The normalized spacial score (nSPS) is 13.7. The number of hydrazone groups is 1. The zero-order valence-corrected chi connectivity index (χ0v) is 23.3. The summed E-state index contributed by atoms with van der Waals surface area (Å²) in [5.74, 6) is 0.569. The summed E-state index contributed by atoms with van der Waals surface area (Å²) in [4.78, 5) is 36.5. The number of nitrogens with zero attached hydrogens (tertiary/aromatic N) is 7. The van der Waals surface area contributed by atoms with Crippen LogP contribution in [0.4, 0.5) is 34.9 Å². The molecular formula is C29H29N9O5. The summed E-state index contributed by atoms with van der Waals surface area (Å²) in [7, 11) is 0. The van der Waals surface area contributed by atoms with E-state index in [9.17, 15) is 25.3 Å². The molecule has 1 saturated heterocycles. The van der Waals surface area contributed by atoms with E-state index in [0.717, 1.165) is 55.9 Å². The number of rotatable bonds is 10. The van der Waals surface area contributed by atoms with E-state index in [1.54, 1.807) is 0 Å². The molecule has 0 spiro atoms. The number of phenolic OH excluding ortho intramolecular Hbond substituents is 1. The summed E-state index contributed by atoms with van der Waals surface area (Å²) in [6, 6.07) is 19.8. The van der Waals surface area contributed by atoms with Crippen molar-refractivity contribution < 1.29 is 15.0 Å². The van der Waals surface area contributed by atoms with Gasteiger partial charge in [-0.3, -0.25) is 20.2 Å². The van der Waals surface area contributed by atoms with Crippen molar-refractivity contribution in [1.82, 2.24) is 15.0 Å². The molecule has 1 aromatic heterocycles. The third-order valence-corrected chi connectivity index (χ3v) is 7.08. The molecule has 1 fully saturated rings. The van der Waals surface area contributed by atoms with Crippen LogP contribution in [0.2, 0.25) is 0 Å². The first-order valence-corrected chi connectivity index (χ1v) is 13.6. The zero-order valence-electron chi connectivity index (χ0n) is 23.3. The molecule has 1 aliphatic rings. The molecule has 14 heteroatoms. The SMILES string of the molecule is Cc1ccc(Nc2nc(N/N=C\c3cc([N+](=O)[O-])cc([N+](=O)[O-])c3O)nc(N3CCC(Cc4ccccc4)CC3)n2)cc1. The number of anilines is 4. The van der Waals surface area contributed by atoms with E-state index in [0.29, 0.717) is 17.9 Å². The molecule has 0 radical (unpaired) electrons. The van der Waals surface area contributed by atoms with Crippen molar-refractivity contribution in [3.63, 3.8) is 0 Å². The average Bonchev–Trinajstić information content (AvgIpc) is 3.00. The minimum absolute atomic E-state index is 0.0710. The molecule has 0 bridgehead atoms. The lowest BCUT2D eigenvalue weighted by molar-refractivity contribution is -0.394. The van der Waals surface area contributed by atoms with Gasteiger partial charge < -0.3 is 15.3 Å². The van der Waals surface area contributed by atoms with E-state index in [-0.39, 0.29) is 17.5 Å². The Kier molecular flexibility index (Phi) is 8.65. The van der Waals surface area contributed by atoms with Gasteiger partial charge in [-0.1, -0.05) is 48.0 Å². The number of non-ortho nitro benzene ring substituents is 1. The molecule has 0 unspecified atom stereocenters. The highest BCUT2D eigenvalue weighted by Crippen LogP contribution is 2.33. The molecule has 2 heterocycles. The van der Waals surface area contributed by atoms with Crippen molar-refractivity contribution in [2.75, 3.05) is 28.7 Å². The second kappa shape index (κ2) is 12.9. The number of nitrogens with one attached hydrogen (secondary N) is 2. The van der Waals surface area contributed by atoms with Gasteiger partial charge in [0.1, 0.15) is 0 Å². The topological polar surface area (TPSA) is 185 Å². The summed E-state index contributed by atoms with van der Waals surface area (Å²) in [6.07, 6.45) is 3.97. The number of hydrogen-bond donors (Lipinski definition) is 3. The summed E-state index contributed by atoms with van der Waals surface area (Å²) >= 11 is 0. The standard InChI is InChI=1S/C29H29N9O5/c1-19-7-9-23(10-8-19)31-27-32-28(35-30-18-22-16-24(37(40)41)17-25(26(22)39)38(42)43)34-29(33-27)36-13-11-21(12-14-36)15-20-5-3-2-4-6-20/h2-10,16-18,21,39H,11-15H2,1H3,(H2,31,32,33,34,35)/b30-18-. The van der Waals surface area contributed by atoms with Gasteiger partial charge in [-0.05, 0) is 49.8 Å². The predicted molar refractivity (Wildman–Crippen MR) is 162 cm³/mol. The quantitative estimate of drug-likeness (QED) is 0.124. The highest BCUT2D eigenvalue weighted by atomic mass is 16.6. The van der Waals surface area contributed by atoms with Gasteiger partial charge in [0.25, 0.3) is 5.69 Å². The van der Waals surface area contributed by atoms with Crippen LogP contribution in [0.25, 0.3) is 0 Å². The predicted octanol–water partition coefficient (Wildman–Crippen LogP) is 5.35. The van der Waals surface area contributed by atoms with E-state index in [1.807, 2.05) is 37.3 Å². The van der Waals surface area contributed by atoms with Crippen LogP contribution in [-0.2, 0) is 6.42 Å². The number of aromatic nitrogens is 3. The Morgan fingerprint density at radius 3 is 2.35 bits per heavy atom. The summed E-state index contributed by atoms with van der Waals surface area (Å²) in [5.41, 5.74) is 4.26. The molecular weight excluding hydrogens is 554 g/mol. The van der Waals surface area contributed by atoms with Crippen molar-refractivity contribution in [2.45, 2.75) is 26.2 Å². The molecule has 43 heavy (non-hydrogen) atoms. The van der Waals surface area contributed by atoms with Crippen LogP contribution in [0.5, 0.6) is 5.75 Å². The maximum absolute atomic E-state index is 11.3. The number of piperidine rings is 1. The Morgan fingerprint density at radius 1 is 0.977 bits per heavy atom. The monoisotopic (exact) mass is 583 g/mol. The number of phenols is 1. The van der Waals surface area contributed by atoms with Crippen LogP contribution >= 0.6 is 0 Å². The lowest BCUT2D eigenvalue weighted by Gasteiger charge is -2.32. The average molecular weight is 584 g/mol. The molecule has 5 rings (SSSR count). The van der Waals surface area contributed by atoms with Crippen LogP contribution in [0.3, 0.4) is 0 Å². The number of nitro groups is 2. The minimum atomic E-state index is -0.905. The fourth-order valence-electron chi connectivity index (χ4n) is 4.79. The maximum Gasteiger partial charge on any atom is 0.318 e. The van der Waals surface area contributed by atoms with E-state index in [2.05, 4.69) is 60.0 Å². The van der Waals surface area contributed by atoms with Crippen LogP contribution in [-0.4, -0.2) is 49.2 Å². The second-order valence-corrected chi connectivity index (χ2v) is 10.2. The smallest absolute Gasteiger partial charge is 0.318 e. The van der Waals surface area contributed by atoms with Crippen LogP contribution < -0.4 is 15.6 Å². The van der Waals surface area contributed by atoms with Crippen molar-refractivity contribution in [3.05, 3.63) is 104 Å². The summed E-state index contributed by atoms with van der Waals surface area (Å²) < 4.78 is 0. The van der Waals surface area contributed by atoms with Gasteiger partial charge in [-0.2, -0.15) is 20.1 Å². The van der Waals surface area contributed by atoms with Crippen molar-refractivity contribution in [3.8, 4) is 5.75 Å². The summed E-state index contributed by atoms with van der Waals surface area (Å²) in [6.45, 7) is 3.48. The maximum atomic E-state index is 11.3. The van der Waals surface area contributed by atoms with Gasteiger partial charge in [0, 0.05) is 24.8 Å². The zero-order chi connectivity index (χ0) is 30.3. The highest BCUT2D eigenvalue weighted by molar-refractivity contribution is 5.87. The Labute approximate surface area is 246 Å². The third kappa shape index (κ3) is 7.35. The van der Waals surface area contributed by atoms with Gasteiger partial charge in [0.2, 0.25) is 23.6 Å². The number of aryl methyl sites for hydroxylation is 1. The fraction of sp³-hybridized carbons (Fsp3) is 0.241. The first kappa shape index (κ1) is 28.9. The lowest BCUT2D eigenvalue weighted by atomic mass is 9.90. The van der Waals surface area contributed by atoms with E-state index >= 15 is 0 Å². The number of nitro benzene ring substituents is 2. The van der Waals surface area contributed by atoms with Crippen LogP contribution in [0.15, 0.2) is 71.8 Å². The Hall–Kier alpha value is -5.66. The molecule has 0 amide bonds. The van der Waals surface area contributed by atoms with E-state index < -0.39 is 27.0 Å². The Bertz CT molecular complexity index is 1640. The van der Waals surface area contributed by atoms with Gasteiger partial charge in [-0.25, -0.2) is 5.43 Å². The summed E-state index contributed by atoms with van der Waals surface area (Å²) in [5, 5.41) is 40.0. The molecule has 4 aromatic rings. The number of hydrogen-bond acceptors (Lipinski definition) is 12. The molecule has 3 aromatic carbocycles. The lowest BCUT2D eigenvalue weighted by Crippen LogP contribution is -2.35. The van der Waals surface area contributed by atoms with Crippen molar-refractivity contribution >= 4 is 41.1 Å². The van der Waals surface area contributed by atoms with Gasteiger partial charge in [0.15, 0.2) is 0 Å². The molecule has 0 aliphatic carbocycles. The van der Waals surface area contributed by atoms with Crippen molar-refractivity contribution in [2.24, 2.45) is 11.0 Å². The Morgan fingerprint density at radius 2 is 1.67 bits per heavy atom. The van der Waals surface area contributed by atoms with Gasteiger partial charge in [0.05, 0.1) is 27.7 Å². The Balaban J connectivity index is 1.37. The number of benzene rings is 3. The minimum Gasteiger partial charge on any atom is -0.502 e. The van der Waals surface area contributed by atoms with Gasteiger partial charge >= 0.3 is 5.69 Å². The second-order valence-electron chi connectivity index (χ2n) is 10.2. The molecule has 0 atom stereocenters. The molecule has 220 valence electrons. The molecule has 0 saturated carbocycles. The van der Waals surface area contributed by atoms with Gasteiger partial charge in [-0.15, -0.1) is 0 Å². The molecule has 1 aliphatic heterocycles. The van der Waals surface area contributed by atoms with E-state index in [4.69, 9.17) is 0 Å². The van der Waals surface area contributed by atoms with Crippen LogP contribution in [0.1, 0.15) is 29.5 Å². The third-order valence-electron chi connectivity index (χ3n) is 7.08. The largest absolute Gasteiger partial charge is 0.502 e. The van der Waals surface area contributed by atoms with E-state index in [1.165, 1.54) is 5.56 Å². The van der Waals surface area contributed by atoms with Crippen LogP contribution in [0, 0.1) is 33.1 Å². The first-order chi connectivity index (χ1) is 20.7. The molecule has 3 N–H and O–H groups in total. The van der Waals surface area contributed by atoms with Crippen molar-refractivity contribution in [1.29, 1.82) is 0 Å². The fourth-order valence-corrected chi connectivity index (χ4v) is 4.79. The first-order valence-electron chi connectivity index (χ1n) is 13.6. The highest BCUT2D eigenvalue weighted by Gasteiger charge is 2.24. The molecule has 14 nitrogen and oxygen atoms in total. The number of aromatic hydroxyl groups is 1.